The van der Waals surface area contributed by atoms with E-state index in [1.165, 1.54) is 6.20 Å². The molecule has 0 aromatic carbocycles. The van der Waals surface area contributed by atoms with Crippen LogP contribution in [0.5, 0.6) is 5.88 Å². The fraction of sp³-hybridized carbons (Fsp3) is 0.438. The zero-order valence-corrected chi connectivity index (χ0v) is 15.5. The molecule has 0 spiro atoms. The predicted octanol–water partition coefficient (Wildman–Crippen LogP) is 2.96. The van der Waals surface area contributed by atoms with Gasteiger partial charge in [-0.05, 0) is 19.9 Å². The normalized spacial score (nSPS) is 12.2. The Kier molecular flexibility index (Phi) is 6.78. The molecule has 0 fully saturated rings. The Morgan fingerprint density at radius 2 is 2.00 bits per heavy atom. The fourth-order valence-corrected chi connectivity index (χ4v) is 2.89. The van der Waals surface area contributed by atoms with Crippen LogP contribution in [0.2, 0.25) is 0 Å². The highest BCUT2D eigenvalue weighted by molar-refractivity contribution is 7.11. The van der Waals surface area contributed by atoms with Gasteiger partial charge in [-0.15, -0.1) is 11.3 Å². The molecule has 0 unspecified atom stereocenters. The molecule has 2 aromatic rings. The standard InChI is InChI=1S/C16H20F3N5OS/c1-10-11(2)26-13(24-10)8-23-15(20-3)22-7-12-5-4-6-21-14(12)25-9-16(17,18)19/h4-6H,7-9H2,1-3H3,(H2,20,22,23). The molecule has 2 heterocycles. The van der Waals surface area contributed by atoms with Gasteiger partial charge in [-0.2, -0.15) is 13.2 Å². The number of aryl methyl sites for hydroxylation is 2. The van der Waals surface area contributed by atoms with Gasteiger partial charge in [0.2, 0.25) is 5.88 Å². The van der Waals surface area contributed by atoms with Gasteiger partial charge < -0.3 is 15.4 Å². The summed E-state index contributed by atoms with van der Waals surface area (Å²) in [6.45, 7) is 3.30. The van der Waals surface area contributed by atoms with Crippen LogP contribution in [0.15, 0.2) is 23.3 Å². The van der Waals surface area contributed by atoms with Crippen molar-refractivity contribution in [3.63, 3.8) is 0 Å². The van der Waals surface area contributed by atoms with Crippen molar-refractivity contribution in [1.29, 1.82) is 0 Å². The Morgan fingerprint density at radius 1 is 1.27 bits per heavy atom. The number of nitrogens with one attached hydrogen (secondary N) is 2. The van der Waals surface area contributed by atoms with Gasteiger partial charge in [-0.25, -0.2) is 9.97 Å². The number of pyridine rings is 1. The van der Waals surface area contributed by atoms with Crippen LogP contribution in [0.25, 0.3) is 0 Å². The Balaban J connectivity index is 1.91. The second kappa shape index (κ2) is 8.84. The third kappa shape index (κ3) is 6.17. The third-order valence-corrected chi connectivity index (χ3v) is 4.45. The fourth-order valence-electron chi connectivity index (χ4n) is 2.01. The molecule has 0 amide bonds. The van der Waals surface area contributed by atoms with Crippen molar-refractivity contribution in [1.82, 2.24) is 20.6 Å². The number of alkyl halides is 3. The largest absolute Gasteiger partial charge is 0.468 e. The molecule has 0 radical (unpaired) electrons. The molecular weight excluding hydrogens is 367 g/mol. The van der Waals surface area contributed by atoms with E-state index >= 15 is 0 Å². The van der Waals surface area contributed by atoms with Gasteiger partial charge in [0.1, 0.15) is 5.01 Å². The monoisotopic (exact) mass is 387 g/mol. The van der Waals surface area contributed by atoms with E-state index in [2.05, 4.69) is 25.6 Å². The number of nitrogens with zero attached hydrogens (tertiary/aromatic N) is 3. The predicted molar refractivity (Wildman–Crippen MR) is 94.4 cm³/mol. The Bertz CT molecular complexity index is 741. The molecule has 0 atom stereocenters. The van der Waals surface area contributed by atoms with Crippen LogP contribution in [0, 0.1) is 13.8 Å². The summed E-state index contributed by atoms with van der Waals surface area (Å²) >= 11 is 1.60. The Hall–Kier alpha value is -2.36. The van der Waals surface area contributed by atoms with Gasteiger partial charge in [-0.1, -0.05) is 6.07 Å². The number of hydrogen-bond acceptors (Lipinski definition) is 5. The first-order valence-electron chi connectivity index (χ1n) is 7.79. The molecule has 0 bridgehead atoms. The molecule has 26 heavy (non-hydrogen) atoms. The summed E-state index contributed by atoms with van der Waals surface area (Å²) < 4.78 is 41.8. The number of aromatic nitrogens is 2. The first-order chi connectivity index (χ1) is 12.3. The van der Waals surface area contributed by atoms with E-state index in [9.17, 15) is 13.2 Å². The zero-order chi connectivity index (χ0) is 19.2. The molecule has 0 saturated carbocycles. The number of aliphatic imine (C=N–C) groups is 1. The van der Waals surface area contributed by atoms with Gasteiger partial charge in [-0.3, -0.25) is 4.99 Å². The average molecular weight is 387 g/mol. The lowest BCUT2D eigenvalue weighted by atomic mass is 10.2. The van der Waals surface area contributed by atoms with Crippen LogP contribution >= 0.6 is 11.3 Å². The van der Waals surface area contributed by atoms with E-state index in [0.29, 0.717) is 18.1 Å². The molecule has 6 nitrogen and oxygen atoms in total. The second-order valence-corrected chi connectivity index (χ2v) is 6.69. The van der Waals surface area contributed by atoms with E-state index in [0.717, 1.165) is 15.6 Å². The van der Waals surface area contributed by atoms with Gasteiger partial charge in [0.15, 0.2) is 12.6 Å². The molecular formula is C16H20F3N5OS. The SMILES string of the molecule is CN=C(NCc1nc(C)c(C)s1)NCc1cccnc1OCC(F)(F)F. The summed E-state index contributed by atoms with van der Waals surface area (Å²) in [5.74, 6) is 0.445. The van der Waals surface area contributed by atoms with E-state index in [4.69, 9.17) is 4.74 Å². The summed E-state index contributed by atoms with van der Waals surface area (Å²) in [5.41, 5.74) is 1.50. The minimum absolute atomic E-state index is 0.0565. The van der Waals surface area contributed by atoms with E-state index in [1.807, 2.05) is 13.8 Å². The maximum absolute atomic E-state index is 12.3. The lowest BCUT2D eigenvalue weighted by Gasteiger charge is -2.14. The van der Waals surface area contributed by atoms with E-state index in [-0.39, 0.29) is 12.4 Å². The summed E-state index contributed by atoms with van der Waals surface area (Å²) in [7, 11) is 1.61. The maximum Gasteiger partial charge on any atom is 0.422 e. The highest BCUT2D eigenvalue weighted by Gasteiger charge is 2.29. The quantitative estimate of drug-likeness (QED) is 0.589. The van der Waals surface area contributed by atoms with Crippen molar-refractivity contribution < 1.29 is 17.9 Å². The molecule has 10 heteroatoms. The number of ether oxygens (including phenoxy) is 1. The number of rotatable bonds is 6. The van der Waals surface area contributed by atoms with Crippen LogP contribution in [0.3, 0.4) is 0 Å². The van der Waals surface area contributed by atoms with Crippen LogP contribution in [0.4, 0.5) is 13.2 Å². The van der Waals surface area contributed by atoms with Crippen molar-refractivity contribution >= 4 is 17.3 Å². The molecule has 0 aliphatic carbocycles. The van der Waals surface area contributed by atoms with Crippen LogP contribution in [-0.4, -0.2) is 35.8 Å². The van der Waals surface area contributed by atoms with Crippen LogP contribution in [0.1, 0.15) is 21.1 Å². The highest BCUT2D eigenvalue weighted by Crippen LogP contribution is 2.20. The zero-order valence-electron chi connectivity index (χ0n) is 14.6. The Labute approximate surface area is 153 Å². The summed E-state index contributed by atoms with van der Waals surface area (Å²) in [6, 6.07) is 3.28. The van der Waals surface area contributed by atoms with Crippen LogP contribution in [-0.2, 0) is 13.1 Å². The highest BCUT2D eigenvalue weighted by atomic mass is 32.1. The second-order valence-electron chi connectivity index (χ2n) is 5.40. The summed E-state index contributed by atoms with van der Waals surface area (Å²) in [5, 5.41) is 7.08. The number of hydrogen-bond donors (Lipinski definition) is 2. The van der Waals surface area contributed by atoms with Crippen molar-refractivity contribution in [3.05, 3.63) is 39.5 Å². The van der Waals surface area contributed by atoms with Gasteiger partial charge in [0, 0.05) is 30.2 Å². The average Bonchev–Trinajstić information content (AvgIpc) is 2.91. The molecule has 2 aromatic heterocycles. The van der Waals surface area contributed by atoms with Gasteiger partial charge in [0.25, 0.3) is 0 Å². The lowest BCUT2D eigenvalue weighted by Crippen LogP contribution is -2.36. The first-order valence-corrected chi connectivity index (χ1v) is 8.61. The first kappa shape index (κ1) is 20.0. The molecule has 142 valence electrons. The number of guanidine groups is 1. The topological polar surface area (TPSA) is 71.4 Å². The minimum Gasteiger partial charge on any atom is -0.468 e. The molecule has 0 aliphatic rings. The molecule has 0 aliphatic heterocycles. The van der Waals surface area contributed by atoms with Crippen molar-refractivity contribution in [2.24, 2.45) is 4.99 Å². The third-order valence-electron chi connectivity index (χ3n) is 3.37. The smallest absolute Gasteiger partial charge is 0.422 e. The van der Waals surface area contributed by atoms with Crippen molar-refractivity contribution in [2.75, 3.05) is 13.7 Å². The van der Waals surface area contributed by atoms with Crippen LogP contribution < -0.4 is 15.4 Å². The number of halogens is 3. The summed E-state index contributed by atoms with van der Waals surface area (Å²) in [6.07, 6.45) is -3.03. The Morgan fingerprint density at radius 3 is 2.62 bits per heavy atom. The van der Waals surface area contributed by atoms with Gasteiger partial charge in [0.05, 0.1) is 12.2 Å². The van der Waals surface area contributed by atoms with E-state index < -0.39 is 12.8 Å². The van der Waals surface area contributed by atoms with E-state index in [1.54, 1.807) is 30.5 Å². The molecule has 2 N–H and O–H groups in total. The maximum atomic E-state index is 12.3. The number of thiazole rings is 1. The van der Waals surface area contributed by atoms with Crippen molar-refractivity contribution in [3.8, 4) is 5.88 Å². The lowest BCUT2D eigenvalue weighted by molar-refractivity contribution is -0.154. The van der Waals surface area contributed by atoms with Gasteiger partial charge >= 0.3 is 6.18 Å². The summed E-state index contributed by atoms with van der Waals surface area (Å²) in [4.78, 5) is 13.5. The minimum atomic E-state index is -4.41. The molecule has 2 rings (SSSR count). The van der Waals surface area contributed by atoms with Crippen molar-refractivity contribution in [2.45, 2.75) is 33.1 Å². The molecule has 0 saturated heterocycles.